The Hall–Kier alpha value is -3.01. The van der Waals surface area contributed by atoms with Crippen LogP contribution in [0.2, 0.25) is 0 Å². The van der Waals surface area contributed by atoms with Crippen LogP contribution in [0.25, 0.3) is 11.8 Å². The number of fused-ring (bicyclic) bond motifs is 2. The van der Waals surface area contributed by atoms with Crippen molar-refractivity contribution in [1.29, 1.82) is 0 Å². The van der Waals surface area contributed by atoms with Crippen LogP contribution in [0.3, 0.4) is 0 Å². The van der Waals surface area contributed by atoms with E-state index in [4.69, 9.17) is 0 Å². The summed E-state index contributed by atoms with van der Waals surface area (Å²) >= 11 is 0. The highest BCUT2D eigenvalue weighted by atomic mass is 19.1. The number of benzene rings is 2. The van der Waals surface area contributed by atoms with E-state index in [1.807, 2.05) is 55.1 Å². The van der Waals surface area contributed by atoms with E-state index in [-0.39, 0.29) is 17.1 Å². The number of rotatable bonds is 3. The first-order valence-corrected chi connectivity index (χ1v) is 11.4. The van der Waals surface area contributed by atoms with Crippen molar-refractivity contribution in [2.45, 2.75) is 47.0 Å². The van der Waals surface area contributed by atoms with Gasteiger partial charge in [-0.15, -0.1) is 0 Å². The lowest BCUT2D eigenvalue weighted by molar-refractivity contribution is 0.0843. The van der Waals surface area contributed by atoms with Gasteiger partial charge in [-0.3, -0.25) is 9.18 Å². The van der Waals surface area contributed by atoms with Gasteiger partial charge in [0.2, 0.25) is 0 Å². The molecule has 4 heteroatoms. The van der Waals surface area contributed by atoms with Crippen LogP contribution in [0.1, 0.15) is 60.8 Å². The van der Waals surface area contributed by atoms with E-state index in [0.717, 1.165) is 30.5 Å². The molecule has 0 bridgehead atoms. The topological polar surface area (TPSA) is 34.9 Å². The normalized spacial score (nSPS) is 20.6. The average Bonchev–Trinajstić information content (AvgIpc) is 3.40. The Balaban J connectivity index is 0.000000686. The molecular formula is C28H33FN2O. The van der Waals surface area contributed by atoms with Crippen LogP contribution in [0.4, 0.5) is 4.39 Å². The van der Waals surface area contributed by atoms with Gasteiger partial charge in [-0.25, -0.2) is 4.68 Å². The molecule has 1 saturated carbocycles. The molecule has 3 aromatic rings. The Bertz CT molecular complexity index is 1080. The third-order valence-corrected chi connectivity index (χ3v) is 6.61. The number of hydrogen-bond acceptors (Lipinski definition) is 2. The minimum absolute atomic E-state index is 0.0389. The Morgan fingerprint density at radius 3 is 2.38 bits per heavy atom. The number of carbonyl (C=O) groups excluding carboxylic acids is 1. The molecule has 5 rings (SSSR count). The minimum atomic E-state index is -0.110. The summed E-state index contributed by atoms with van der Waals surface area (Å²) in [5.74, 6) is 0.318. The quantitative estimate of drug-likeness (QED) is 0.416. The minimum Gasteiger partial charge on any atom is -0.294 e. The van der Waals surface area contributed by atoms with Crippen LogP contribution in [0.15, 0.2) is 66.4 Å². The van der Waals surface area contributed by atoms with Crippen molar-refractivity contribution in [3.05, 3.63) is 88.8 Å². The molecule has 0 radical (unpaired) electrons. The number of halogens is 1. The van der Waals surface area contributed by atoms with Gasteiger partial charge in [0, 0.05) is 16.9 Å². The van der Waals surface area contributed by atoms with Gasteiger partial charge in [0.15, 0.2) is 5.78 Å². The fourth-order valence-electron chi connectivity index (χ4n) is 4.96. The van der Waals surface area contributed by atoms with Crippen molar-refractivity contribution < 1.29 is 9.18 Å². The van der Waals surface area contributed by atoms with E-state index >= 15 is 0 Å². The van der Waals surface area contributed by atoms with E-state index < -0.39 is 0 Å². The monoisotopic (exact) mass is 432 g/mol. The number of aryl methyl sites for hydroxylation is 1. The molecule has 2 aliphatic rings. The summed E-state index contributed by atoms with van der Waals surface area (Å²) in [5.41, 5.74) is 6.85. The Morgan fingerprint density at radius 1 is 1.06 bits per heavy atom. The maximum atomic E-state index is 13.2. The van der Waals surface area contributed by atoms with Gasteiger partial charge in [0.25, 0.3) is 0 Å². The summed E-state index contributed by atoms with van der Waals surface area (Å²) in [6, 6.07) is 18.2. The first-order valence-electron chi connectivity index (χ1n) is 11.4. The van der Waals surface area contributed by atoms with Crippen molar-refractivity contribution >= 4 is 11.9 Å². The zero-order valence-electron chi connectivity index (χ0n) is 19.7. The number of Topliss-reactive ketones (excluding diaryl/α,β-unsaturated/α-hetero) is 1. The zero-order valence-corrected chi connectivity index (χ0v) is 19.7. The molecule has 2 aliphatic carbocycles. The fraction of sp³-hybridized carbons (Fsp3) is 0.357. The molecule has 3 nitrogen and oxygen atoms in total. The Kier molecular flexibility index (Phi) is 7.44. The zero-order chi connectivity index (χ0) is 23.3. The van der Waals surface area contributed by atoms with E-state index in [1.54, 1.807) is 0 Å². The van der Waals surface area contributed by atoms with Gasteiger partial charge in [-0.1, -0.05) is 74.4 Å². The second kappa shape index (κ2) is 10.1. The fourth-order valence-corrected chi connectivity index (χ4v) is 4.96. The smallest absolute Gasteiger partial charge is 0.166 e. The summed E-state index contributed by atoms with van der Waals surface area (Å²) in [7, 11) is 0.500. The molecular weight excluding hydrogens is 399 g/mol. The van der Waals surface area contributed by atoms with Crippen molar-refractivity contribution in [2.75, 3.05) is 7.18 Å². The van der Waals surface area contributed by atoms with Gasteiger partial charge >= 0.3 is 0 Å². The lowest BCUT2D eigenvalue weighted by Crippen LogP contribution is -2.33. The Labute approximate surface area is 191 Å². The third kappa shape index (κ3) is 4.19. The number of ketones is 1. The van der Waals surface area contributed by atoms with Crippen LogP contribution in [0, 0.1) is 18.3 Å². The largest absolute Gasteiger partial charge is 0.294 e. The highest BCUT2D eigenvalue weighted by molar-refractivity contribution is 5.99. The predicted octanol–water partition coefficient (Wildman–Crippen LogP) is 7.03. The first kappa shape index (κ1) is 23.6. The van der Waals surface area contributed by atoms with Gasteiger partial charge in [0.1, 0.15) is 0 Å². The van der Waals surface area contributed by atoms with Crippen molar-refractivity contribution in [2.24, 2.45) is 11.3 Å². The summed E-state index contributed by atoms with van der Waals surface area (Å²) in [6.07, 6.45) is 7.07. The molecule has 0 spiro atoms. The van der Waals surface area contributed by atoms with Crippen LogP contribution >= 0.6 is 0 Å². The Morgan fingerprint density at radius 2 is 1.72 bits per heavy atom. The second-order valence-corrected chi connectivity index (χ2v) is 8.39. The molecule has 0 N–H and O–H groups in total. The number of nitrogens with zero attached hydrogens (tertiary/aromatic N) is 2. The third-order valence-electron chi connectivity index (χ3n) is 6.61. The summed E-state index contributed by atoms with van der Waals surface area (Å²) < 4.78 is 11.5. The molecule has 0 amide bonds. The number of allylic oxidation sites excluding steroid dienone is 1. The van der Waals surface area contributed by atoms with Crippen LogP contribution in [0.5, 0.6) is 0 Å². The number of aromatic nitrogens is 2. The van der Waals surface area contributed by atoms with E-state index in [9.17, 15) is 9.18 Å². The predicted molar refractivity (Wildman–Crippen MR) is 130 cm³/mol. The average molecular weight is 433 g/mol. The van der Waals surface area contributed by atoms with Gasteiger partial charge in [-0.05, 0) is 50.0 Å². The number of carbonyl (C=O) groups is 1. The molecule has 1 aromatic heterocycles. The number of hydrogen-bond donors (Lipinski definition) is 0. The van der Waals surface area contributed by atoms with E-state index in [0.29, 0.717) is 7.18 Å². The van der Waals surface area contributed by atoms with Crippen LogP contribution in [-0.2, 0) is 6.42 Å². The van der Waals surface area contributed by atoms with Crippen LogP contribution in [-0.4, -0.2) is 22.7 Å². The molecule has 0 aliphatic heterocycles. The molecule has 2 aromatic carbocycles. The molecule has 2 unspecified atom stereocenters. The molecule has 1 fully saturated rings. The van der Waals surface area contributed by atoms with E-state index in [2.05, 4.69) is 49.3 Å². The van der Waals surface area contributed by atoms with Crippen molar-refractivity contribution in [1.82, 2.24) is 9.78 Å². The van der Waals surface area contributed by atoms with Crippen molar-refractivity contribution in [3.8, 4) is 5.69 Å². The highest BCUT2D eigenvalue weighted by Gasteiger charge is 2.48. The lowest BCUT2D eigenvalue weighted by atomic mass is 9.68. The lowest BCUT2D eigenvalue weighted by Gasteiger charge is -2.35. The maximum Gasteiger partial charge on any atom is 0.166 e. The molecule has 0 saturated heterocycles. The molecule has 168 valence electrons. The van der Waals surface area contributed by atoms with Crippen LogP contribution < -0.4 is 0 Å². The second-order valence-electron chi connectivity index (χ2n) is 8.39. The van der Waals surface area contributed by atoms with Crippen molar-refractivity contribution in [3.63, 3.8) is 0 Å². The summed E-state index contributed by atoms with van der Waals surface area (Å²) in [4.78, 5) is 13.2. The van der Waals surface area contributed by atoms with Gasteiger partial charge in [0.05, 0.1) is 24.8 Å². The molecule has 2 atom stereocenters. The SMILES string of the molecule is CC.CF.Cc1ccc(-n2ncc3c2C=C2CCC(C(=O)c4ccccc4)C2(C)C3)cc1. The standard InChI is InChI=1S/C25H24N2O.C2H6.CH3F/c1-17-8-11-21(12-9-17)27-23-14-20-10-13-22(24(28)18-6-4-3-5-7-18)25(20,2)15-19(23)16-26-27;2*1-2/h3-9,11-12,14,16,22H,10,13,15H2,1-2H3;1-2H3;1H3. The number of alkyl halides is 1. The molecule has 1 heterocycles. The molecule has 32 heavy (non-hydrogen) atoms. The maximum absolute atomic E-state index is 13.2. The highest BCUT2D eigenvalue weighted by Crippen LogP contribution is 2.54. The first-order chi connectivity index (χ1) is 15.6. The summed E-state index contributed by atoms with van der Waals surface area (Å²) in [5, 5.41) is 4.67. The summed E-state index contributed by atoms with van der Waals surface area (Å²) in [6.45, 7) is 8.36. The van der Waals surface area contributed by atoms with Gasteiger partial charge < -0.3 is 0 Å². The van der Waals surface area contributed by atoms with E-state index in [1.165, 1.54) is 22.4 Å². The van der Waals surface area contributed by atoms with Gasteiger partial charge in [-0.2, -0.15) is 5.10 Å².